The van der Waals surface area contributed by atoms with E-state index < -0.39 is 10.0 Å². The lowest BCUT2D eigenvalue weighted by Gasteiger charge is -2.14. The number of sulfonamides is 1. The summed E-state index contributed by atoms with van der Waals surface area (Å²) in [5.74, 6) is 1.23. The lowest BCUT2D eigenvalue weighted by molar-refractivity contribution is 0.287. The number of rotatable bonds is 9. The molecule has 0 aliphatic heterocycles. The zero-order chi connectivity index (χ0) is 25.2. The molecule has 0 amide bonds. The van der Waals surface area contributed by atoms with Gasteiger partial charge in [-0.25, -0.2) is 22.6 Å². The number of nitrogens with one attached hydrogen (secondary N) is 1. The Morgan fingerprint density at radius 1 is 0.943 bits per heavy atom. The number of fused-ring (bicyclic) bond motifs is 1. The quantitative estimate of drug-likeness (QED) is 0.366. The maximum absolute atomic E-state index is 13.3. The van der Waals surface area contributed by atoms with Crippen LogP contribution in [0.15, 0.2) is 53.6 Å². The summed E-state index contributed by atoms with van der Waals surface area (Å²) in [6.07, 6.45) is 1.72. The molecule has 4 rings (SSSR count). The van der Waals surface area contributed by atoms with Crippen LogP contribution < -0.4 is 14.2 Å². The van der Waals surface area contributed by atoms with Gasteiger partial charge in [-0.1, -0.05) is 18.2 Å². The van der Waals surface area contributed by atoms with E-state index in [1.165, 1.54) is 0 Å². The standard InChI is InChI=1S/C26H30N4O4S/c1-6-33-23-11-9-20(13-24(23)34-7-2)15-28-35(31,32)25-14-21(10-8-17(25)3)22-16-27-30-19(5)12-18(4)29-26(22)30/h8-14,16,28H,6-7,15H2,1-5H3. The summed E-state index contributed by atoms with van der Waals surface area (Å²) in [6.45, 7) is 10.6. The summed E-state index contributed by atoms with van der Waals surface area (Å²) in [5.41, 5.74) is 5.47. The highest BCUT2D eigenvalue weighted by Gasteiger charge is 2.20. The van der Waals surface area contributed by atoms with Crippen molar-refractivity contribution >= 4 is 15.7 Å². The van der Waals surface area contributed by atoms with Gasteiger partial charge in [0.1, 0.15) is 0 Å². The van der Waals surface area contributed by atoms with Crippen molar-refractivity contribution in [3.63, 3.8) is 0 Å². The molecule has 0 fully saturated rings. The first-order chi connectivity index (χ1) is 16.7. The van der Waals surface area contributed by atoms with Gasteiger partial charge in [0.15, 0.2) is 17.1 Å². The summed E-state index contributed by atoms with van der Waals surface area (Å²) in [7, 11) is -3.79. The van der Waals surface area contributed by atoms with E-state index in [2.05, 4.69) is 14.8 Å². The molecule has 0 saturated heterocycles. The summed E-state index contributed by atoms with van der Waals surface area (Å²) in [4.78, 5) is 4.84. The van der Waals surface area contributed by atoms with Crippen LogP contribution in [-0.2, 0) is 16.6 Å². The first-order valence-corrected chi connectivity index (χ1v) is 13.0. The average molecular weight is 495 g/mol. The number of hydrogen-bond acceptors (Lipinski definition) is 6. The Balaban J connectivity index is 1.63. The molecule has 0 spiro atoms. The SMILES string of the molecule is CCOc1ccc(CNS(=O)(=O)c2cc(-c3cnn4c(C)cc(C)nc34)ccc2C)cc1OCC. The van der Waals surface area contributed by atoms with Gasteiger partial charge in [0.2, 0.25) is 10.0 Å². The molecule has 184 valence electrons. The van der Waals surface area contributed by atoms with Gasteiger partial charge in [-0.15, -0.1) is 0 Å². The van der Waals surface area contributed by atoms with Crippen LogP contribution >= 0.6 is 0 Å². The molecule has 1 N–H and O–H groups in total. The Labute approximate surface area is 206 Å². The number of aryl methyl sites for hydroxylation is 3. The molecule has 0 aliphatic rings. The summed E-state index contributed by atoms with van der Waals surface area (Å²) in [5, 5.41) is 4.44. The Kier molecular flexibility index (Phi) is 7.09. The minimum absolute atomic E-state index is 0.120. The molecule has 35 heavy (non-hydrogen) atoms. The van der Waals surface area contributed by atoms with Crippen molar-refractivity contribution in [1.29, 1.82) is 0 Å². The van der Waals surface area contributed by atoms with Gasteiger partial charge in [-0.3, -0.25) is 0 Å². The fourth-order valence-electron chi connectivity index (χ4n) is 3.99. The van der Waals surface area contributed by atoms with Gasteiger partial charge < -0.3 is 9.47 Å². The molecule has 2 heterocycles. The maximum atomic E-state index is 13.3. The van der Waals surface area contributed by atoms with Crippen molar-refractivity contribution in [2.75, 3.05) is 13.2 Å². The average Bonchev–Trinajstić information content (AvgIpc) is 3.24. The van der Waals surface area contributed by atoms with Crippen LogP contribution in [0, 0.1) is 20.8 Å². The van der Waals surface area contributed by atoms with E-state index >= 15 is 0 Å². The van der Waals surface area contributed by atoms with E-state index in [1.54, 1.807) is 41.9 Å². The minimum atomic E-state index is -3.79. The van der Waals surface area contributed by atoms with Crippen molar-refractivity contribution in [3.05, 3.63) is 71.2 Å². The normalized spacial score (nSPS) is 11.7. The molecule has 0 saturated carbocycles. The van der Waals surface area contributed by atoms with Crippen molar-refractivity contribution in [2.24, 2.45) is 0 Å². The second kappa shape index (κ2) is 10.1. The van der Waals surface area contributed by atoms with E-state index in [0.29, 0.717) is 35.9 Å². The van der Waals surface area contributed by atoms with E-state index in [4.69, 9.17) is 9.47 Å². The van der Waals surface area contributed by atoms with E-state index in [-0.39, 0.29) is 11.4 Å². The lowest BCUT2D eigenvalue weighted by atomic mass is 10.1. The Bertz CT molecular complexity index is 1480. The highest BCUT2D eigenvalue weighted by molar-refractivity contribution is 7.89. The third kappa shape index (κ3) is 5.16. The molecule has 4 aromatic rings. The van der Waals surface area contributed by atoms with Gasteiger partial charge >= 0.3 is 0 Å². The zero-order valence-electron chi connectivity index (χ0n) is 20.6. The fraction of sp³-hybridized carbons (Fsp3) is 0.308. The van der Waals surface area contributed by atoms with E-state index in [0.717, 1.165) is 28.1 Å². The molecule has 9 heteroatoms. The number of aromatic nitrogens is 3. The Morgan fingerprint density at radius 3 is 2.43 bits per heavy atom. The van der Waals surface area contributed by atoms with Gasteiger partial charge in [-0.2, -0.15) is 5.10 Å². The Hall–Kier alpha value is -3.43. The van der Waals surface area contributed by atoms with Crippen LogP contribution in [0.4, 0.5) is 0 Å². The van der Waals surface area contributed by atoms with Gasteiger partial charge in [0.05, 0.1) is 24.3 Å². The van der Waals surface area contributed by atoms with Crippen LogP contribution in [0.1, 0.15) is 36.4 Å². The topological polar surface area (TPSA) is 94.8 Å². The van der Waals surface area contributed by atoms with Crippen LogP contribution in [0.2, 0.25) is 0 Å². The smallest absolute Gasteiger partial charge is 0.241 e. The summed E-state index contributed by atoms with van der Waals surface area (Å²) in [6, 6.07) is 12.8. The zero-order valence-corrected chi connectivity index (χ0v) is 21.4. The monoisotopic (exact) mass is 494 g/mol. The van der Waals surface area contributed by atoms with Crippen molar-refractivity contribution in [2.45, 2.75) is 46.1 Å². The van der Waals surface area contributed by atoms with Gasteiger partial charge in [0.25, 0.3) is 0 Å². The molecule has 0 aliphatic carbocycles. The van der Waals surface area contributed by atoms with Gasteiger partial charge in [0, 0.05) is 23.5 Å². The van der Waals surface area contributed by atoms with Crippen LogP contribution in [0.3, 0.4) is 0 Å². The molecule has 0 radical (unpaired) electrons. The third-order valence-corrected chi connectivity index (χ3v) is 7.18. The predicted octanol–water partition coefficient (Wildman–Crippen LogP) is 4.60. The van der Waals surface area contributed by atoms with E-state index in [1.807, 2.05) is 45.9 Å². The minimum Gasteiger partial charge on any atom is -0.490 e. The van der Waals surface area contributed by atoms with Gasteiger partial charge in [-0.05, 0) is 75.6 Å². The summed E-state index contributed by atoms with van der Waals surface area (Å²) >= 11 is 0. The number of hydrogen-bond donors (Lipinski definition) is 1. The van der Waals surface area contributed by atoms with Crippen molar-refractivity contribution < 1.29 is 17.9 Å². The Morgan fingerprint density at radius 2 is 1.69 bits per heavy atom. The predicted molar refractivity (Wildman–Crippen MR) is 135 cm³/mol. The number of nitrogens with zero attached hydrogens (tertiary/aromatic N) is 3. The van der Waals surface area contributed by atoms with Crippen molar-refractivity contribution in [3.8, 4) is 22.6 Å². The lowest BCUT2D eigenvalue weighted by Crippen LogP contribution is -2.24. The molecule has 2 aromatic heterocycles. The molecule has 8 nitrogen and oxygen atoms in total. The fourth-order valence-corrected chi connectivity index (χ4v) is 5.28. The highest BCUT2D eigenvalue weighted by Crippen LogP contribution is 2.30. The second-order valence-corrected chi connectivity index (χ2v) is 10.0. The van der Waals surface area contributed by atoms with E-state index in [9.17, 15) is 8.42 Å². The first-order valence-electron chi connectivity index (χ1n) is 11.5. The largest absolute Gasteiger partial charge is 0.490 e. The second-order valence-electron chi connectivity index (χ2n) is 8.28. The first kappa shape index (κ1) is 24.7. The molecular weight excluding hydrogens is 464 g/mol. The number of benzene rings is 2. The summed E-state index contributed by atoms with van der Waals surface area (Å²) < 4.78 is 42.3. The van der Waals surface area contributed by atoms with Crippen LogP contribution in [-0.4, -0.2) is 36.2 Å². The molecular formula is C26H30N4O4S. The highest BCUT2D eigenvalue weighted by atomic mass is 32.2. The van der Waals surface area contributed by atoms with Crippen LogP contribution in [0.5, 0.6) is 11.5 Å². The van der Waals surface area contributed by atoms with Crippen molar-refractivity contribution in [1.82, 2.24) is 19.3 Å². The maximum Gasteiger partial charge on any atom is 0.241 e. The molecule has 0 unspecified atom stereocenters. The third-order valence-electron chi connectivity index (χ3n) is 5.64. The number of ether oxygens (including phenoxy) is 2. The molecule has 0 bridgehead atoms. The van der Waals surface area contributed by atoms with Crippen LogP contribution in [0.25, 0.3) is 16.8 Å². The molecule has 2 aromatic carbocycles. The molecule has 0 atom stereocenters.